The molecule has 154 valence electrons. The van der Waals surface area contributed by atoms with Crippen molar-refractivity contribution in [3.05, 3.63) is 35.4 Å². The number of hydrogen-bond donors (Lipinski definition) is 1. The molecule has 3 fully saturated rings. The van der Waals surface area contributed by atoms with Crippen molar-refractivity contribution in [2.45, 2.75) is 50.4 Å². The smallest absolute Gasteiger partial charge is 0.241 e. The van der Waals surface area contributed by atoms with Crippen molar-refractivity contribution >= 4 is 23.6 Å². The number of nitriles is 1. The summed E-state index contributed by atoms with van der Waals surface area (Å²) in [7, 11) is 0. The number of amides is 2. The number of nitrogens with one attached hydrogen (secondary N) is 1. The highest BCUT2D eigenvalue weighted by atomic mass is 32.2. The van der Waals surface area contributed by atoms with E-state index in [9.17, 15) is 14.9 Å². The van der Waals surface area contributed by atoms with Gasteiger partial charge >= 0.3 is 0 Å². The maximum atomic E-state index is 13.3. The third-order valence-electron chi connectivity index (χ3n) is 6.36. The molecule has 1 spiro atoms. The summed E-state index contributed by atoms with van der Waals surface area (Å²) in [5.74, 6) is 1.60. The standard InChI is InChI=1S/C22H28N4O2S/c1-29-12-7-19-21(28)26(15-17-4-2-3-16(13-17)14-23)22(24-19)8-10-25(11-9-22)20(27)18-5-6-18/h2-4,13,18-19,24H,5-12,15H2,1H3. The van der Waals surface area contributed by atoms with Crippen LogP contribution >= 0.6 is 11.8 Å². The highest BCUT2D eigenvalue weighted by Crippen LogP contribution is 2.37. The van der Waals surface area contributed by atoms with E-state index in [0.717, 1.165) is 43.4 Å². The molecule has 4 rings (SSSR count). The second-order valence-electron chi connectivity index (χ2n) is 8.35. The van der Waals surface area contributed by atoms with Crippen molar-refractivity contribution in [2.24, 2.45) is 5.92 Å². The van der Waals surface area contributed by atoms with Gasteiger partial charge in [0.1, 0.15) is 0 Å². The maximum Gasteiger partial charge on any atom is 0.241 e. The van der Waals surface area contributed by atoms with E-state index in [1.54, 1.807) is 17.8 Å². The van der Waals surface area contributed by atoms with Gasteiger partial charge in [0, 0.05) is 38.4 Å². The highest BCUT2D eigenvalue weighted by Gasteiger charge is 2.52. The average Bonchev–Trinajstić information content (AvgIpc) is 3.57. The van der Waals surface area contributed by atoms with Crippen LogP contribution in [0.15, 0.2) is 24.3 Å². The Balaban J connectivity index is 1.53. The van der Waals surface area contributed by atoms with Crippen LogP contribution in [0.2, 0.25) is 0 Å². The van der Waals surface area contributed by atoms with Gasteiger partial charge in [-0.3, -0.25) is 14.9 Å². The van der Waals surface area contributed by atoms with E-state index in [1.807, 2.05) is 28.0 Å². The second-order valence-corrected chi connectivity index (χ2v) is 9.33. The fraction of sp³-hybridized carbons (Fsp3) is 0.591. The molecule has 3 aliphatic rings. The maximum absolute atomic E-state index is 13.3. The number of rotatable bonds is 6. The summed E-state index contributed by atoms with van der Waals surface area (Å²) in [4.78, 5) is 29.7. The van der Waals surface area contributed by atoms with Crippen LogP contribution in [0.25, 0.3) is 0 Å². The summed E-state index contributed by atoms with van der Waals surface area (Å²) in [6, 6.07) is 9.50. The molecule has 2 heterocycles. The first-order valence-electron chi connectivity index (χ1n) is 10.4. The van der Waals surface area contributed by atoms with E-state index in [1.165, 1.54) is 0 Å². The van der Waals surface area contributed by atoms with Crippen LogP contribution < -0.4 is 5.32 Å². The Labute approximate surface area is 176 Å². The molecule has 2 aliphatic heterocycles. The van der Waals surface area contributed by atoms with E-state index in [4.69, 9.17) is 0 Å². The molecule has 0 aromatic heterocycles. The van der Waals surface area contributed by atoms with Crippen LogP contribution in [0, 0.1) is 17.2 Å². The topological polar surface area (TPSA) is 76.4 Å². The first-order chi connectivity index (χ1) is 14.1. The van der Waals surface area contributed by atoms with Crippen molar-refractivity contribution in [3.8, 4) is 6.07 Å². The molecule has 2 saturated heterocycles. The molecular formula is C22H28N4O2S. The van der Waals surface area contributed by atoms with Crippen molar-refractivity contribution in [1.29, 1.82) is 5.26 Å². The Morgan fingerprint density at radius 1 is 1.34 bits per heavy atom. The molecule has 1 N–H and O–H groups in total. The molecule has 1 atom stereocenters. The van der Waals surface area contributed by atoms with Gasteiger partial charge in [0.15, 0.2) is 0 Å². The lowest BCUT2D eigenvalue weighted by Crippen LogP contribution is -2.59. The average molecular weight is 413 g/mol. The van der Waals surface area contributed by atoms with Crippen molar-refractivity contribution in [1.82, 2.24) is 15.1 Å². The molecule has 0 radical (unpaired) electrons. The Bertz CT molecular complexity index is 824. The van der Waals surface area contributed by atoms with Gasteiger partial charge in [-0.25, -0.2) is 0 Å². The summed E-state index contributed by atoms with van der Waals surface area (Å²) < 4.78 is 0. The minimum atomic E-state index is -0.400. The highest BCUT2D eigenvalue weighted by molar-refractivity contribution is 7.98. The van der Waals surface area contributed by atoms with Crippen LogP contribution in [0.5, 0.6) is 0 Å². The first-order valence-corrected chi connectivity index (χ1v) is 11.8. The Hall–Kier alpha value is -2.04. The fourth-order valence-electron chi connectivity index (χ4n) is 4.55. The third kappa shape index (κ3) is 4.15. The van der Waals surface area contributed by atoms with Gasteiger partial charge in [-0.2, -0.15) is 17.0 Å². The zero-order valence-electron chi connectivity index (χ0n) is 16.9. The molecule has 6 nitrogen and oxygen atoms in total. The lowest BCUT2D eigenvalue weighted by Gasteiger charge is -2.45. The van der Waals surface area contributed by atoms with E-state index in [2.05, 4.69) is 17.6 Å². The van der Waals surface area contributed by atoms with Gasteiger partial charge in [0.25, 0.3) is 0 Å². The van der Waals surface area contributed by atoms with Crippen LogP contribution in [-0.4, -0.2) is 58.4 Å². The Morgan fingerprint density at radius 3 is 2.76 bits per heavy atom. The van der Waals surface area contributed by atoms with Crippen molar-refractivity contribution in [2.75, 3.05) is 25.1 Å². The van der Waals surface area contributed by atoms with E-state index in [-0.39, 0.29) is 23.8 Å². The Morgan fingerprint density at radius 2 is 2.10 bits per heavy atom. The quantitative estimate of drug-likeness (QED) is 0.776. The van der Waals surface area contributed by atoms with Gasteiger partial charge in [-0.1, -0.05) is 12.1 Å². The van der Waals surface area contributed by atoms with Gasteiger partial charge in [0.05, 0.1) is 23.3 Å². The lowest BCUT2D eigenvalue weighted by molar-refractivity contribution is -0.138. The Kier molecular flexibility index (Phi) is 5.84. The number of likely N-dealkylation sites (tertiary alicyclic amines) is 1. The summed E-state index contributed by atoms with van der Waals surface area (Å²) in [6.07, 6.45) is 6.42. The SMILES string of the molecule is CSCCC1NC2(CCN(C(=O)C3CC3)CC2)N(Cc2cccc(C#N)c2)C1=O. The summed E-state index contributed by atoms with van der Waals surface area (Å²) >= 11 is 1.75. The minimum absolute atomic E-state index is 0.142. The molecule has 2 amide bonds. The van der Waals surface area contributed by atoms with Crippen molar-refractivity contribution < 1.29 is 9.59 Å². The molecule has 7 heteroatoms. The number of benzene rings is 1. The third-order valence-corrected chi connectivity index (χ3v) is 7.00. The fourth-order valence-corrected chi connectivity index (χ4v) is 5.02. The molecule has 1 aliphatic carbocycles. The molecular weight excluding hydrogens is 384 g/mol. The van der Waals surface area contributed by atoms with Crippen LogP contribution in [0.4, 0.5) is 0 Å². The number of nitrogens with zero attached hydrogens (tertiary/aromatic N) is 3. The number of piperidine rings is 1. The largest absolute Gasteiger partial charge is 0.342 e. The zero-order chi connectivity index (χ0) is 20.4. The number of carbonyl (C=O) groups is 2. The monoisotopic (exact) mass is 412 g/mol. The van der Waals surface area contributed by atoms with E-state index in [0.29, 0.717) is 25.2 Å². The summed E-state index contributed by atoms with van der Waals surface area (Å²) in [5, 5.41) is 12.9. The van der Waals surface area contributed by atoms with Gasteiger partial charge in [0.2, 0.25) is 11.8 Å². The summed E-state index contributed by atoms with van der Waals surface area (Å²) in [5.41, 5.74) is 1.18. The van der Waals surface area contributed by atoms with Crippen LogP contribution in [0.1, 0.15) is 43.2 Å². The molecule has 1 aromatic rings. The van der Waals surface area contributed by atoms with Crippen LogP contribution in [-0.2, 0) is 16.1 Å². The van der Waals surface area contributed by atoms with Gasteiger partial charge in [-0.15, -0.1) is 0 Å². The first kappa shape index (κ1) is 20.2. The normalized spacial score (nSPS) is 23.4. The minimum Gasteiger partial charge on any atom is -0.342 e. The molecule has 0 bridgehead atoms. The second kappa shape index (κ2) is 8.37. The van der Waals surface area contributed by atoms with Crippen molar-refractivity contribution in [3.63, 3.8) is 0 Å². The number of thioether (sulfide) groups is 1. The van der Waals surface area contributed by atoms with Crippen LogP contribution in [0.3, 0.4) is 0 Å². The molecule has 1 aromatic carbocycles. The summed E-state index contributed by atoms with van der Waals surface area (Å²) in [6.45, 7) is 1.88. The van der Waals surface area contributed by atoms with E-state index >= 15 is 0 Å². The molecule has 1 unspecified atom stereocenters. The van der Waals surface area contributed by atoms with E-state index < -0.39 is 5.66 Å². The number of carbonyl (C=O) groups excluding carboxylic acids is 2. The predicted octanol–water partition coefficient (Wildman–Crippen LogP) is 2.34. The molecule has 1 saturated carbocycles. The molecule has 29 heavy (non-hydrogen) atoms. The zero-order valence-corrected chi connectivity index (χ0v) is 17.7. The van der Waals surface area contributed by atoms with Gasteiger partial charge < -0.3 is 9.80 Å². The predicted molar refractivity (Wildman–Crippen MR) is 113 cm³/mol. The number of hydrogen-bond acceptors (Lipinski definition) is 5. The lowest BCUT2D eigenvalue weighted by atomic mass is 9.95. The van der Waals surface area contributed by atoms with Gasteiger partial charge in [-0.05, 0) is 49.0 Å².